The van der Waals surface area contributed by atoms with E-state index in [1.807, 2.05) is 0 Å². The Hall–Kier alpha value is -0.443. The van der Waals surface area contributed by atoms with E-state index in [1.54, 1.807) is 0 Å². The molecular formula is C12H15Li. The monoisotopic (exact) mass is 166 g/mol. The molecule has 0 unspecified atom stereocenters. The second kappa shape index (κ2) is 6.08. The molecule has 0 N–H and O–H groups in total. The third-order valence-electron chi connectivity index (χ3n) is 2.19. The van der Waals surface area contributed by atoms with Gasteiger partial charge in [0.15, 0.2) is 0 Å². The number of allylic oxidation sites excluding steroid dienone is 1. The van der Waals surface area contributed by atoms with Gasteiger partial charge in [-0.2, -0.15) is 0 Å². The molecule has 0 amide bonds. The van der Waals surface area contributed by atoms with Crippen LogP contribution in [0.5, 0.6) is 0 Å². The van der Waals surface area contributed by atoms with E-state index in [9.17, 15) is 0 Å². The maximum atomic E-state index is 2.20. The van der Waals surface area contributed by atoms with Crippen LogP contribution in [0.15, 0.2) is 30.3 Å². The molecule has 13 heavy (non-hydrogen) atoms. The van der Waals surface area contributed by atoms with Crippen molar-refractivity contribution < 1.29 is 0 Å². The van der Waals surface area contributed by atoms with Crippen LogP contribution in [-0.2, 0) is 6.42 Å². The summed E-state index contributed by atoms with van der Waals surface area (Å²) in [4.78, 5) is 0. The number of benzene rings is 1. The summed E-state index contributed by atoms with van der Waals surface area (Å²) in [5, 5.41) is 1.32. The first kappa shape index (κ1) is 10.6. The average Bonchev–Trinajstić information content (AvgIpc) is 2.66. The second-order valence-electron chi connectivity index (χ2n) is 3.31. The van der Waals surface area contributed by atoms with Crippen LogP contribution in [0.2, 0.25) is 5.09 Å². The number of hydrogen-bond donors (Lipinski definition) is 0. The van der Waals surface area contributed by atoms with E-state index < -0.39 is 0 Å². The Morgan fingerprint density at radius 1 is 1.31 bits per heavy atom. The Labute approximate surface area is 90.3 Å². The van der Waals surface area contributed by atoms with Crippen LogP contribution in [0.4, 0.5) is 0 Å². The number of rotatable bonds is 1. The zero-order chi connectivity index (χ0) is 9.52. The average molecular weight is 166 g/mol. The molecule has 0 aliphatic heterocycles. The van der Waals surface area contributed by atoms with Crippen molar-refractivity contribution in [3.63, 3.8) is 0 Å². The molecule has 0 aromatic heterocycles. The minimum absolute atomic E-state index is 1.12. The third-order valence-corrected chi connectivity index (χ3v) is 2.19. The SMILES string of the molecule is C1=Cc2ccccc2C1.[Li][CH2]CC. The van der Waals surface area contributed by atoms with Crippen molar-refractivity contribution >= 4 is 23.8 Å². The van der Waals surface area contributed by atoms with Gasteiger partial charge in [0.05, 0.1) is 0 Å². The Balaban J connectivity index is 0.000000184. The number of fused-ring (bicyclic) bond motifs is 1. The van der Waals surface area contributed by atoms with Gasteiger partial charge in [-0.05, 0) is 17.5 Å². The van der Waals surface area contributed by atoms with Gasteiger partial charge < -0.3 is 0 Å². The molecule has 1 aliphatic rings. The molecule has 0 bridgehead atoms. The standard InChI is InChI=1S/C9H8.C3H7.Li/c1-2-5-9-7-3-6-8(9)4-1;1-3-2;/h1-6H,7H2;1,3H2,2H3;. The predicted molar refractivity (Wildman–Crippen MR) is 60.0 cm³/mol. The van der Waals surface area contributed by atoms with Crippen LogP contribution in [0.3, 0.4) is 0 Å². The molecular weight excluding hydrogens is 151 g/mol. The summed E-state index contributed by atoms with van der Waals surface area (Å²) in [6.07, 6.45) is 6.82. The van der Waals surface area contributed by atoms with Crippen molar-refractivity contribution in [3.05, 3.63) is 41.5 Å². The topological polar surface area (TPSA) is 0 Å². The Kier molecular flexibility index (Phi) is 4.97. The van der Waals surface area contributed by atoms with Gasteiger partial charge in [0.1, 0.15) is 0 Å². The van der Waals surface area contributed by atoms with Gasteiger partial charge in [-0.25, -0.2) is 0 Å². The zero-order valence-electron chi connectivity index (χ0n) is 8.59. The molecule has 2 rings (SSSR count). The van der Waals surface area contributed by atoms with Gasteiger partial charge in [-0.15, -0.1) is 0 Å². The van der Waals surface area contributed by atoms with Crippen LogP contribution >= 0.6 is 0 Å². The van der Waals surface area contributed by atoms with Crippen molar-refractivity contribution in [1.82, 2.24) is 0 Å². The fourth-order valence-electron chi connectivity index (χ4n) is 1.20. The molecule has 0 saturated carbocycles. The summed E-state index contributed by atoms with van der Waals surface area (Å²) in [7, 11) is 0. The molecule has 0 nitrogen and oxygen atoms in total. The zero-order valence-corrected chi connectivity index (χ0v) is 8.59. The van der Waals surface area contributed by atoms with Crippen LogP contribution in [0, 0.1) is 0 Å². The van der Waals surface area contributed by atoms with Gasteiger partial charge in [-0.1, -0.05) is 36.4 Å². The summed E-state index contributed by atoms with van der Waals surface area (Å²) in [5.74, 6) is 0. The van der Waals surface area contributed by atoms with E-state index in [-0.39, 0.29) is 0 Å². The molecule has 1 aromatic rings. The van der Waals surface area contributed by atoms with Crippen molar-refractivity contribution in [3.8, 4) is 0 Å². The van der Waals surface area contributed by atoms with E-state index in [4.69, 9.17) is 0 Å². The minimum atomic E-state index is 1.12. The van der Waals surface area contributed by atoms with E-state index >= 15 is 0 Å². The fourth-order valence-corrected chi connectivity index (χ4v) is 1.20. The summed E-state index contributed by atoms with van der Waals surface area (Å²) < 4.78 is 0. The van der Waals surface area contributed by atoms with Crippen molar-refractivity contribution in [2.45, 2.75) is 24.9 Å². The molecule has 0 radical (unpaired) electrons. The Morgan fingerprint density at radius 3 is 2.62 bits per heavy atom. The molecule has 64 valence electrons. The second-order valence-corrected chi connectivity index (χ2v) is 3.31. The normalized spacial score (nSPS) is 11.9. The molecule has 0 saturated heterocycles. The van der Waals surface area contributed by atoms with Gasteiger partial charge in [0, 0.05) is 0 Å². The first-order valence-corrected chi connectivity index (χ1v) is 5.13. The Bertz CT molecular complexity index is 274. The molecule has 1 aromatic carbocycles. The van der Waals surface area contributed by atoms with Gasteiger partial charge in [0.25, 0.3) is 0 Å². The Morgan fingerprint density at radius 2 is 2.00 bits per heavy atom. The third kappa shape index (κ3) is 3.42. The summed E-state index contributed by atoms with van der Waals surface area (Å²) in [6.45, 7) is 2.18. The van der Waals surface area contributed by atoms with E-state index in [0.717, 1.165) is 6.42 Å². The van der Waals surface area contributed by atoms with Crippen LogP contribution < -0.4 is 0 Å². The number of hydrogen-bond acceptors (Lipinski definition) is 0. The first-order chi connectivity index (χ1) is 6.38. The molecule has 0 atom stereocenters. The van der Waals surface area contributed by atoms with Gasteiger partial charge in [-0.3, -0.25) is 0 Å². The molecule has 0 spiro atoms. The van der Waals surface area contributed by atoms with Gasteiger partial charge in [0.2, 0.25) is 0 Å². The predicted octanol–water partition coefficient (Wildman–Crippen LogP) is 3.24. The van der Waals surface area contributed by atoms with E-state index in [0.29, 0.717) is 0 Å². The molecule has 0 heterocycles. The van der Waals surface area contributed by atoms with Gasteiger partial charge >= 0.3 is 36.2 Å². The van der Waals surface area contributed by atoms with Crippen LogP contribution in [0.25, 0.3) is 6.08 Å². The van der Waals surface area contributed by atoms with E-state index in [2.05, 4.69) is 61.1 Å². The molecule has 1 heteroatoms. The summed E-state index contributed by atoms with van der Waals surface area (Å²) in [6, 6.07) is 8.49. The van der Waals surface area contributed by atoms with Crippen molar-refractivity contribution in [2.75, 3.05) is 0 Å². The first-order valence-electron chi connectivity index (χ1n) is 5.13. The van der Waals surface area contributed by atoms with Crippen molar-refractivity contribution in [1.29, 1.82) is 0 Å². The molecule has 1 aliphatic carbocycles. The molecule has 0 fully saturated rings. The summed E-state index contributed by atoms with van der Waals surface area (Å²) >= 11 is 2.18. The van der Waals surface area contributed by atoms with Crippen LogP contribution in [0.1, 0.15) is 24.5 Å². The maximum absolute atomic E-state index is 2.20. The quantitative estimate of drug-likeness (QED) is 0.562. The summed E-state index contributed by atoms with van der Waals surface area (Å²) in [5.41, 5.74) is 2.84. The van der Waals surface area contributed by atoms with Crippen molar-refractivity contribution in [2.24, 2.45) is 0 Å². The van der Waals surface area contributed by atoms with Crippen LogP contribution in [-0.4, -0.2) is 17.7 Å². The fraction of sp³-hybridized carbons (Fsp3) is 0.333. The van der Waals surface area contributed by atoms with E-state index in [1.165, 1.54) is 22.6 Å².